The number of benzene rings is 1. The van der Waals surface area contributed by atoms with Crippen molar-refractivity contribution in [3.8, 4) is 11.5 Å². The number of hydrogen-bond acceptors (Lipinski definition) is 4. The van der Waals surface area contributed by atoms with E-state index in [0.29, 0.717) is 0 Å². The molecule has 5 nitrogen and oxygen atoms in total. The van der Waals surface area contributed by atoms with E-state index in [4.69, 9.17) is 9.47 Å². The zero-order chi connectivity index (χ0) is 16.9. The maximum Gasteiger partial charge on any atom is 0.190 e. The average molecular weight is 340 g/mol. The van der Waals surface area contributed by atoms with Crippen LogP contribution in [0.15, 0.2) is 23.2 Å². The summed E-state index contributed by atoms with van der Waals surface area (Å²) in [6.45, 7) is 1.73. The van der Waals surface area contributed by atoms with Crippen LogP contribution in [0.2, 0.25) is 0 Å². The Morgan fingerprint density at radius 3 is 2.57 bits per heavy atom. The van der Waals surface area contributed by atoms with Crippen LogP contribution in [0.1, 0.15) is 18.4 Å². The molecule has 1 rings (SSSR count). The molecule has 2 N–H and O–H groups in total. The predicted octanol–water partition coefficient (Wildman–Crippen LogP) is 2.55. The average Bonchev–Trinajstić information content (AvgIpc) is 2.59. The quantitative estimate of drug-likeness (QED) is 0.390. The van der Waals surface area contributed by atoms with Gasteiger partial charge in [-0.1, -0.05) is 0 Å². The van der Waals surface area contributed by atoms with Crippen molar-refractivity contribution in [3.05, 3.63) is 23.8 Å². The lowest BCUT2D eigenvalue weighted by molar-refractivity contribution is 0.398. The first-order chi connectivity index (χ1) is 11.2. The second-order valence-corrected chi connectivity index (χ2v) is 6.04. The Hall–Kier alpha value is -1.56. The van der Waals surface area contributed by atoms with Crippen LogP contribution in [-0.2, 0) is 6.42 Å². The first kappa shape index (κ1) is 19.5. The number of unbranched alkanes of at least 4 members (excludes halogenated alkanes) is 1. The van der Waals surface area contributed by atoms with Gasteiger partial charge in [0.1, 0.15) is 11.5 Å². The number of nitrogens with one attached hydrogen (secondary N) is 2. The van der Waals surface area contributed by atoms with Gasteiger partial charge in [0.25, 0.3) is 0 Å². The molecule has 1 aromatic rings. The minimum absolute atomic E-state index is 0.786. The molecule has 0 fully saturated rings. The molecule has 0 aliphatic heterocycles. The molecule has 0 aliphatic carbocycles. The fourth-order valence-corrected chi connectivity index (χ4v) is 2.68. The Kier molecular flexibility index (Phi) is 10.1. The summed E-state index contributed by atoms with van der Waals surface area (Å²) in [5.74, 6) is 3.78. The van der Waals surface area contributed by atoms with E-state index in [9.17, 15) is 0 Å². The lowest BCUT2D eigenvalue weighted by Crippen LogP contribution is -2.38. The topological polar surface area (TPSA) is 54.9 Å². The van der Waals surface area contributed by atoms with E-state index in [1.807, 2.05) is 30.0 Å². The first-order valence-corrected chi connectivity index (χ1v) is 9.29. The van der Waals surface area contributed by atoms with Gasteiger partial charge in [0.2, 0.25) is 0 Å². The zero-order valence-electron chi connectivity index (χ0n) is 14.6. The van der Waals surface area contributed by atoms with Crippen molar-refractivity contribution in [1.82, 2.24) is 10.6 Å². The summed E-state index contributed by atoms with van der Waals surface area (Å²) in [5, 5.41) is 6.67. The number of nitrogens with zero attached hydrogens (tertiary/aromatic N) is 1. The third-order valence-electron chi connectivity index (χ3n) is 3.47. The number of guanidine groups is 1. The van der Waals surface area contributed by atoms with Gasteiger partial charge >= 0.3 is 0 Å². The summed E-state index contributed by atoms with van der Waals surface area (Å²) in [6, 6.07) is 5.86. The van der Waals surface area contributed by atoms with Crippen molar-refractivity contribution in [2.45, 2.75) is 19.3 Å². The van der Waals surface area contributed by atoms with Crippen LogP contribution < -0.4 is 20.1 Å². The fourth-order valence-electron chi connectivity index (χ4n) is 2.19. The summed E-state index contributed by atoms with van der Waals surface area (Å²) < 4.78 is 10.7. The smallest absolute Gasteiger partial charge is 0.190 e. The maximum absolute atomic E-state index is 5.40. The molecular weight excluding hydrogens is 310 g/mol. The molecule has 0 amide bonds. The Labute approximate surface area is 144 Å². The Bertz CT molecular complexity index is 481. The minimum atomic E-state index is 0.786. The van der Waals surface area contributed by atoms with Crippen molar-refractivity contribution in [2.75, 3.05) is 46.4 Å². The molecule has 0 saturated carbocycles. The van der Waals surface area contributed by atoms with Crippen LogP contribution in [0, 0.1) is 0 Å². The van der Waals surface area contributed by atoms with Crippen LogP contribution >= 0.6 is 11.8 Å². The van der Waals surface area contributed by atoms with Crippen LogP contribution in [0.4, 0.5) is 0 Å². The van der Waals surface area contributed by atoms with Crippen molar-refractivity contribution in [1.29, 1.82) is 0 Å². The normalized spacial score (nSPS) is 11.2. The van der Waals surface area contributed by atoms with Crippen molar-refractivity contribution >= 4 is 17.7 Å². The summed E-state index contributed by atoms with van der Waals surface area (Å²) in [4.78, 5) is 4.25. The Balaban J connectivity index is 2.39. The Morgan fingerprint density at radius 1 is 1.13 bits per heavy atom. The van der Waals surface area contributed by atoms with Gasteiger partial charge in [0, 0.05) is 20.1 Å². The highest BCUT2D eigenvalue weighted by molar-refractivity contribution is 7.98. The number of rotatable bonds is 10. The summed E-state index contributed by atoms with van der Waals surface area (Å²) in [6.07, 6.45) is 5.37. The van der Waals surface area contributed by atoms with Gasteiger partial charge in [-0.2, -0.15) is 11.8 Å². The first-order valence-electron chi connectivity index (χ1n) is 7.89. The monoisotopic (exact) mass is 339 g/mol. The van der Waals surface area contributed by atoms with E-state index < -0.39 is 0 Å². The molecule has 0 unspecified atom stereocenters. The van der Waals surface area contributed by atoms with Crippen LogP contribution in [-0.4, -0.2) is 52.3 Å². The molecule has 130 valence electrons. The molecule has 0 spiro atoms. The molecule has 0 atom stereocenters. The maximum atomic E-state index is 5.40. The Morgan fingerprint density at radius 2 is 1.91 bits per heavy atom. The third kappa shape index (κ3) is 7.50. The largest absolute Gasteiger partial charge is 0.497 e. The highest BCUT2D eigenvalue weighted by atomic mass is 32.2. The van der Waals surface area contributed by atoms with Gasteiger partial charge in [-0.3, -0.25) is 4.99 Å². The number of thioether (sulfide) groups is 1. The SMILES string of the molecule is CN=C(NCCCCSC)NCCc1cc(OC)ccc1OC. The molecule has 1 aromatic carbocycles. The van der Waals surface area contributed by atoms with Gasteiger partial charge in [0.05, 0.1) is 14.2 Å². The van der Waals surface area contributed by atoms with Crippen molar-refractivity contribution < 1.29 is 9.47 Å². The summed E-state index contributed by atoms with van der Waals surface area (Å²) in [7, 11) is 5.16. The number of ether oxygens (including phenoxy) is 2. The third-order valence-corrected chi connectivity index (χ3v) is 4.16. The summed E-state index contributed by atoms with van der Waals surface area (Å²) in [5.41, 5.74) is 1.12. The lowest BCUT2D eigenvalue weighted by Gasteiger charge is -2.13. The number of methoxy groups -OCH3 is 2. The highest BCUT2D eigenvalue weighted by Gasteiger charge is 2.05. The predicted molar refractivity (Wildman–Crippen MR) is 100 cm³/mol. The van der Waals surface area contributed by atoms with Gasteiger partial charge in [-0.15, -0.1) is 0 Å². The standard InChI is InChI=1S/C17H29N3O2S/c1-18-17(19-10-5-6-12-23-4)20-11-9-14-13-15(21-2)7-8-16(14)22-3/h7-8,13H,5-6,9-12H2,1-4H3,(H2,18,19,20). The van der Waals surface area contributed by atoms with E-state index in [1.165, 1.54) is 12.2 Å². The molecular formula is C17H29N3O2S. The molecule has 0 radical (unpaired) electrons. The molecule has 0 heterocycles. The second kappa shape index (κ2) is 11.9. The molecule has 0 aromatic heterocycles. The van der Waals surface area contributed by atoms with Crippen LogP contribution in [0.5, 0.6) is 11.5 Å². The second-order valence-electron chi connectivity index (χ2n) is 5.05. The van der Waals surface area contributed by atoms with Crippen LogP contribution in [0.3, 0.4) is 0 Å². The van der Waals surface area contributed by atoms with Gasteiger partial charge in [-0.05, 0) is 55.0 Å². The van der Waals surface area contributed by atoms with E-state index in [1.54, 1.807) is 21.3 Å². The number of aliphatic imine (C=N–C) groups is 1. The van der Waals surface area contributed by atoms with E-state index in [0.717, 1.165) is 49.0 Å². The number of hydrogen-bond donors (Lipinski definition) is 2. The molecule has 6 heteroatoms. The zero-order valence-corrected chi connectivity index (χ0v) is 15.5. The van der Waals surface area contributed by atoms with Gasteiger partial charge in [0.15, 0.2) is 5.96 Å². The molecule has 0 aliphatic rings. The van der Waals surface area contributed by atoms with E-state index in [2.05, 4.69) is 21.9 Å². The van der Waals surface area contributed by atoms with E-state index >= 15 is 0 Å². The van der Waals surface area contributed by atoms with E-state index in [-0.39, 0.29) is 0 Å². The molecule has 0 bridgehead atoms. The van der Waals surface area contributed by atoms with Crippen molar-refractivity contribution in [2.24, 2.45) is 4.99 Å². The van der Waals surface area contributed by atoms with Crippen LogP contribution in [0.25, 0.3) is 0 Å². The highest BCUT2D eigenvalue weighted by Crippen LogP contribution is 2.24. The molecule has 0 saturated heterocycles. The molecule has 23 heavy (non-hydrogen) atoms. The fraction of sp³-hybridized carbons (Fsp3) is 0.588. The minimum Gasteiger partial charge on any atom is -0.497 e. The van der Waals surface area contributed by atoms with Gasteiger partial charge in [-0.25, -0.2) is 0 Å². The summed E-state index contributed by atoms with van der Waals surface area (Å²) >= 11 is 1.89. The lowest BCUT2D eigenvalue weighted by atomic mass is 10.1. The van der Waals surface area contributed by atoms with Crippen molar-refractivity contribution in [3.63, 3.8) is 0 Å². The van der Waals surface area contributed by atoms with Gasteiger partial charge < -0.3 is 20.1 Å².